The molecule has 0 unspecified atom stereocenters. The number of carbonyl (C=O) groups excluding carboxylic acids is 2. The summed E-state index contributed by atoms with van der Waals surface area (Å²) in [5.74, 6) is 0.347. The summed E-state index contributed by atoms with van der Waals surface area (Å²) < 4.78 is 0. The van der Waals surface area contributed by atoms with Crippen molar-refractivity contribution >= 4 is 29.2 Å². The van der Waals surface area contributed by atoms with Crippen LogP contribution in [0.4, 0.5) is 10.5 Å². The highest BCUT2D eigenvalue weighted by molar-refractivity contribution is 6.34. The van der Waals surface area contributed by atoms with Gasteiger partial charge in [0.25, 0.3) is 5.91 Å². The number of carbonyl (C=O) groups is 2. The van der Waals surface area contributed by atoms with E-state index >= 15 is 0 Å². The molecule has 7 heteroatoms. The molecule has 124 valence electrons. The van der Waals surface area contributed by atoms with Gasteiger partial charge in [-0.3, -0.25) is 4.79 Å². The number of hydrogen-bond donors (Lipinski definition) is 3. The number of likely N-dealkylation sites (tertiary alicyclic amines) is 1. The summed E-state index contributed by atoms with van der Waals surface area (Å²) in [6.07, 6.45) is 1.04. The third-order valence-electron chi connectivity index (χ3n) is 4.51. The van der Waals surface area contributed by atoms with Gasteiger partial charge in [0.1, 0.15) is 0 Å². The van der Waals surface area contributed by atoms with Gasteiger partial charge in [-0.1, -0.05) is 11.6 Å². The van der Waals surface area contributed by atoms with E-state index in [9.17, 15) is 9.59 Å². The third-order valence-corrected chi connectivity index (χ3v) is 4.82. The molecule has 2 saturated heterocycles. The Morgan fingerprint density at radius 2 is 2.22 bits per heavy atom. The molecule has 3 N–H and O–H groups in total. The summed E-state index contributed by atoms with van der Waals surface area (Å²) in [5, 5.41) is 9.24. The SMILES string of the molecule is CCNC(=O)c1ccc(NC(=O)N2CC[C@@H]3CNC[C@@H]32)cc1Cl. The van der Waals surface area contributed by atoms with Crippen molar-refractivity contribution in [1.29, 1.82) is 0 Å². The fraction of sp³-hybridized carbons (Fsp3) is 0.500. The normalized spacial score (nSPS) is 22.8. The summed E-state index contributed by atoms with van der Waals surface area (Å²) in [6, 6.07) is 5.12. The van der Waals surface area contributed by atoms with E-state index in [0.717, 1.165) is 26.1 Å². The van der Waals surface area contributed by atoms with Gasteiger partial charge in [-0.2, -0.15) is 0 Å². The fourth-order valence-electron chi connectivity index (χ4n) is 3.33. The van der Waals surface area contributed by atoms with Crippen LogP contribution < -0.4 is 16.0 Å². The van der Waals surface area contributed by atoms with Crippen LogP contribution >= 0.6 is 11.6 Å². The molecule has 6 nitrogen and oxygen atoms in total. The minimum Gasteiger partial charge on any atom is -0.352 e. The zero-order valence-electron chi connectivity index (χ0n) is 13.1. The Kier molecular flexibility index (Phi) is 4.73. The first-order valence-corrected chi connectivity index (χ1v) is 8.34. The average Bonchev–Trinajstić information content (AvgIpc) is 3.10. The van der Waals surface area contributed by atoms with Crippen LogP contribution in [0.3, 0.4) is 0 Å². The molecule has 0 radical (unpaired) electrons. The monoisotopic (exact) mass is 336 g/mol. The van der Waals surface area contributed by atoms with Crippen LogP contribution in [0.25, 0.3) is 0 Å². The maximum atomic E-state index is 12.5. The molecular weight excluding hydrogens is 316 g/mol. The van der Waals surface area contributed by atoms with Crippen molar-refractivity contribution in [2.45, 2.75) is 19.4 Å². The van der Waals surface area contributed by atoms with Crippen molar-refractivity contribution in [2.75, 3.05) is 31.5 Å². The number of halogens is 1. The highest BCUT2D eigenvalue weighted by Gasteiger charge is 2.39. The Morgan fingerprint density at radius 1 is 1.39 bits per heavy atom. The first-order chi connectivity index (χ1) is 11.1. The van der Waals surface area contributed by atoms with Crippen LogP contribution in [0, 0.1) is 5.92 Å². The number of fused-ring (bicyclic) bond motifs is 1. The lowest BCUT2D eigenvalue weighted by Crippen LogP contribution is -2.41. The van der Waals surface area contributed by atoms with Gasteiger partial charge in [-0.25, -0.2) is 4.79 Å². The standard InChI is InChI=1S/C16H21ClN4O2/c1-2-19-15(22)12-4-3-11(7-13(12)17)20-16(23)21-6-5-10-8-18-9-14(10)21/h3-4,7,10,14,18H,2,5-6,8-9H2,1H3,(H,19,22)(H,20,23)/t10-,14+/m1/s1. The second kappa shape index (κ2) is 6.76. The zero-order chi connectivity index (χ0) is 16.4. The lowest BCUT2D eigenvalue weighted by Gasteiger charge is -2.23. The highest BCUT2D eigenvalue weighted by Crippen LogP contribution is 2.28. The van der Waals surface area contributed by atoms with E-state index in [2.05, 4.69) is 16.0 Å². The van der Waals surface area contributed by atoms with Crippen molar-refractivity contribution in [3.8, 4) is 0 Å². The maximum absolute atomic E-state index is 12.5. The van der Waals surface area contributed by atoms with Crippen molar-refractivity contribution in [3.05, 3.63) is 28.8 Å². The molecule has 0 spiro atoms. The molecular formula is C16H21ClN4O2. The highest BCUT2D eigenvalue weighted by atomic mass is 35.5. The van der Waals surface area contributed by atoms with Crippen LogP contribution in [-0.4, -0.2) is 49.1 Å². The van der Waals surface area contributed by atoms with E-state index in [0.29, 0.717) is 28.7 Å². The molecule has 2 fully saturated rings. The van der Waals surface area contributed by atoms with E-state index in [4.69, 9.17) is 11.6 Å². The van der Waals surface area contributed by atoms with Crippen LogP contribution in [0.1, 0.15) is 23.7 Å². The largest absolute Gasteiger partial charge is 0.352 e. The number of amides is 3. The Balaban J connectivity index is 1.67. The first-order valence-electron chi connectivity index (χ1n) is 7.96. The summed E-state index contributed by atoms with van der Waals surface area (Å²) in [7, 11) is 0. The van der Waals surface area contributed by atoms with E-state index in [1.165, 1.54) is 0 Å². The molecule has 3 amide bonds. The molecule has 1 aromatic rings. The smallest absolute Gasteiger partial charge is 0.322 e. The summed E-state index contributed by atoms with van der Waals surface area (Å²) in [4.78, 5) is 26.2. The van der Waals surface area contributed by atoms with E-state index in [1.54, 1.807) is 18.2 Å². The minimum atomic E-state index is -0.213. The van der Waals surface area contributed by atoms with Crippen LogP contribution in [0.5, 0.6) is 0 Å². The lowest BCUT2D eigenvalue weighted by molar-refractivity contribution is 0.0956. The topological polar surface area (TPSA) is 73.5 Å². The van der Waals surface area contributed by atoms with Gasteiger partial charge in [-0.05, 0) is 37.5 Å². The molecule has 2 heterocycles. The first kappa shape index (κ1) is 16.1. The van der Waals surface area contributed by atoms with Gasteiger partial charge in [0.2, 0.25) is 0 Å². The molecule has 2 atom stereocenters. The Labute approximate surface area is 140 Å². The molecule has 2 aliphatic heterocycles. The number of benzene rings is 1. The second-order valence-electron chi connectivity index (χ2n) is 5.95. The molecule has 0 aromatic heterocycles. The molecule has 0 bridgehead atoms. The Morgan fingerprint density at radius 3 is 2.96 bits per heavy atom. The van der Waals surface area contributed by atoms with Crippen molar-refractivity contribution in [1.82, 2.24) is 15.5 Å². The number of nitrogens with zero attached hydrogens (tertiary/aromatic N) is 1. The number of anilines is 1. The van der Waals surface area contributed by atoms with Crippen LogP contribution in [0.2, 0.25) is 5.02 Å². The second-order valence-corrected chi connectivity index (χ2v) is 6.36. The predicted molar refractivity (Wildman–Crippen MR) is 89.9 cm³/mol. The van der Waals surface area contributed by atoms with Gasteiger partial charge in [0.15, 0.2) is 0 Å². The molecule has 0 saturated carbocycles. The van der Waals surface area contributed by atoms with Gasteiger partial charge in [-0.15, -0.1) is 0 Å². The Bertz CT molecular complexity index is 622. The number of urea groups is 1. The van der Waals surface area contributed by atoms with Gasteiger partial charge in [0, 0.05) is 37.9 Å². The van der Waals surface area contributed by atoms with Crippen molar-refractivity contribution < 1.29 is 9.59 Å². The summed E-state index contributed by atoms with van der Waals surface area (Å²) in [5.41, 5.74) is 1.01. The summed E-state index contributed by atoms with van der Waals surface area (Å²) in [6.45, 7) is 5.02. The van der Waals surface area contributed by atoms with Crippen LogP contribution in [-0.2, 0) is 0 Å². The van der Waals surface area contributed by atoms with Crippen molar-refractivity contribution in [2.24, 2.45) is 5.92 Å². The van der Waals surface area contributed by atoms with Gasteiger partial charge < -0.3 is 20.9 Å². The molecule has 1 aromatic carbocycles. The fourth-order valence-corrected chi connectivity index (χ4v) is 3.60. The maximum Gasteiger partial charge on any atom is 0.322 e. The van der Waals surface area contributed by atoms with E-state index < -0.39 is 0 Å². The minimum absolute atomic E-state index is 0.108. The summed E-state index contributed by atoms with van der Waals surface area (Å²) >= 11 is 6.16. The number of rotatable bonds is 3. The molecule has 3 rings (SSSR count). The van der Waals surface area contributed by atoms with Crippen LogP contribution in [0.15, 0.2) is 18.2 Å². The van der Waals surface area contributed by atoms with E-state index in [1.807, 2.05) is 11.8 Å². The van der Waals surface area contributed by atoms with Gasteiger partial charge >= 0.3 is 6.03 Å². The average molecular weight is 337 g/mol. The zero-order valence-corrected chi connectivity index (χ0v) is 13.8. The molecule has 23 heavy (non-hydrogen) atoms. The third kappa shape index (κ3) is 3.28. The molecule has 2 aliphatic rings. The molecule has 0 aliphatic carbocycles. The number of hydrogen-bond acceptors (Lipinski definition) is 3. The van der Waals surface area contributed by atoms with E-state index in [-0.39, 0.29) is 18.0 Å². The predicted octanol–water partition coefficient (Wildman–Crippen LogP) is 1.92. The quantitative estimate of drug-likeness (QED) is 0.789. The lowest BCUT2D eigenvalue weighted by atomic mass is 10.1. The van der Waals surface area contributed by atoms with Crippen molar-refractivity contribution in [3.63, 3.8) is 0 Å². The van der Waals surface area contributed by atoms with Gasteiger partial charge in [0.05, 0.1) is 10.6 Å². The Hall–Kier alpha value is -1.79. The number of nitrogens with one attached hydrogen (secondary N) is 3.